The predicted molar refractivity (Wildman–Crippen MR) is 77.1 cm³/mol. The molecule has 0 spiro atoms. The molecule has 18 heavy (non-hydrogen) atoms. The highest BCUT2D eigenvalue weighted by molar-refractivity contribution is 7.99. The Bertz CT molecular complexity index is 433. The third kappa shape index (κ3) is 3.99. The molecule has 5 heteroatoms. The van der Waals surface area contributed by atoms with Crippen molar-refractivity contribution >= 4 is 17.4 Å². The largest absolute Gasteiger partial charge is 0.311 e. The van der Waals surface area contributed by atoms with Gasteiger partial charge in [-0.3, -0.25) is 10.1 Å². The molecule has 0 amide bonds. The summed E-state index contributed by atoms with van der Waals surface area (Å²) in [4.78, 5) is 10.5. The number of rotatable bonds is 6. The molecule has 1 aromatic rings. The first-order valence-corrected chi connectivity index (χ1v) is 7.08. The minimum absolute atomic E-state index is 0.175. The van der Waals surface area contributed by atoms with E-state index < -0.39 is 0 Å². The standard InChI is InChI=1S/C13H20N2O2S/c1-10-11(6-5-7-12(10)15(16)17)8-14-9-13(2,3)18-4/h5-7,14H,8-9H2,1-4H3. The number of hydrogen-bond acceptors (Lipinski definition) is 4. The van der Waals surface area contributed by atoms with Crippen molar-refractivity contribution in [2.24, 2.45) is 0 Å². The second-order valence-electron chi connectivity index (χ2n) is 4.89. The van der Waals surface area contributed by atoms with Crippen LogP contribution in [0.3, 0.4) is 0 Å². The Morgan fingerprint density at radius 2 is 2.11 bits per heavy atom. The summed E-state index contributed by atoms with van der Waals surface area (Å²) in [6.07, 6.45) is 2.08. The van der Waals surface area contributed by atoms with Gasteiger partial charge in [0.15, 0.2) is 0 Å². The molecule has 0 aliphatic heterocycles. The summed E-state index contributed by atoms with van der Waals surface area (Å²) in [5.74, 6) is 0. The van der Waals surface area contributed by atoms with Gasteiger partial charge in [-0.05, 0) is 32.6 Å². The normalized spacial score (nSPS) is 11.6. The Morgan fingerprint density at radius 1 is 1.44 bits per heavy atom. The first-order valence-electron chi connectivity index (χ1n) is 5.86. The van der Waals surface area contributed by atoms with Crippen LogP contribution >= 0.6 is 11.8 Å². The zero-order valence-corrected chi connectivity index (χ0v) is 12.1. The van der Waals surface area contributed by atoms with Gasteiger partial charge in [0, 0.05) is 29.5 Å². The first-order chi connectivity index (χ1) is 8.37. The van der Waals surface area contributed by atoms with Crippen molar-refractivity contribution in [2.75, 3.05) is 12.8 Å². The van der Waals surface area contributed by atoms with Gasteiger partial charge in [0.2, 0.25) is 0 Å². The summed E-state index contributed by atoms with van der Waals surface area (Å²) in [6.45, 7) is 7.68. The van der Waals surface area contributed by atoms with Crippen molar-refractivity contribution in [1.29, 1.82) is 0 Å². The molecule has 0 saturated heterocycles. The molecule has 0 aliphatic rings. The van der Waals surface area contributed by atoms with Crippen LogP contribution in [-0.4, -0.2) is 22.5 Å². The Hall–Kier alpha value is -1.07. The van der Waals surface area contributed by atoms with Crippen molar-refractivity contribution in [3.05, 3.63) is 39.4 Å². The van der Waals surface area contributed by atoms with Gasteiger partial charge >= 0.3 is 0 Å². The van der Waals surface area contributed by atoms with Crippen LogP contribution in [0.5, 0.6) is 0 Å². The molecule has 0 fully saturated rings. The zero-order chi connectivity index (χ0) is 13.8. The zero-order valence-electron chi connectivity index (χ0n) is 11.3. The lowest BCUT2D eigenvalue weighted by molar-refractivity contribution is -0.385. The summed E-state index contributed by atoms with van der Waals surface area (Å²) in [5.41, 5.74) is 1.93. The molecule has 0 aliphatic carbocycles. The molecule has 0 aromatic heterocycles. The summed E-state index contributed by atoms with van der Waals surface area (Å²) < 4.78 is 0.175. The quantitative estimate of drug-likeness (QED) is 0.636. The van der Waals surface area contributed by atoms with E-state index in [4.69, 9.17) is 0 Å². The van der Waals surface area contributed by atoms with E-state index in [2.05, 4.69) is 25.4 Å². The number of hydrogen-bond donors (Lipinski definition) is 1. The van der Waals surface area contributed by atoms with Gasteiger partial charge in [-0.15, -0.1) is 0 Å². The number of nitro benzene ring substituents is 1. The average molecular weight is 268 g/mol. The smallest absolute Gasteiger partial charge is 0.272 e. The van der Waals surface area contributed by atoms with Crippen molar-refractivity contribution in [1.82, 2.24) is 5.32 Å². The third-order valence-corrected chi connectivity index (χ3v) is 4.28. The minimum Gasteiger partial charge on any atom is -0.311 e. The lowest BCUT2D eigenvalue weighted by Gasteiger charge is -2.22. The highest BCUT2D eigenvalue weighted by Crippen LogP contribution is 2.22. The molecule has 1 aromatic carbocycles. The molecular weight excluding hydrogens is 248 g/mol. The summed E-state index contributed by atoms with van der Waals surface area (Å²) >= 11 is 1.80. The molecule has 0 heterocycles. The van der Waals surface area contributed by atoms with Gasteiger partial charge in [0.25, 0.3) is 5.69 Å². The molecule has 0 radical (unpaired) electrons. The summed E-state index contributed by atoms with van der Waals surface area (Å²) in [7, 11) is 0. The highest BCUT2D eigenvalue weighted by atomic mass is 32.2. The Balaban J connectivity index is 2.69. The van der Waals surface area contributed by atoms with Crippen LogP contribution < -0.4 is 5.32 Å². The third-order valence-electron chi connectivity index (χ3n) is 3.03. The van der Waals surface area contributed by atoms with Gasteiger partial charge in [0.1, 0.15) is 0 Å². The fourth-order valence-corrected chi connectivity index (χ4v) is 1.88. The van der Waals surface area contributed by atoms with E-state index in [1.165, 1.54) is 0 Å². The van der Waals surface area contributed by atoms with E-state index in [0.29, 0.717) is 6.54 Å². The number of nitro groups is 1. The van der Waals surface area contributed by atoms with Gasteiger partial charge in [0.05, 0.1) is 4.92 Å². The maximum absolute atomic E-state index is 10.8. The molecule has 0 atom stereocenters. The van der Waals surface area contributed by atoms with Crippen molar-refractivity contribution < 1.29 is 4.92 Å². The molecule has 0 unspecified atom stereocenters. The Labute approximate surface area is 112 Å². The first kappa shape index (κ1) is 15.0. The monoisotopic (exact) mass is 268 g/mol. The van der Waals surface area contributed by atoms with E-state index in [-0.39, 0.29) is 15.4 Å². The maximum Gasteiger partial charge on any atom is 0.272 e. The topological polar surface area (TPSA) is 55.2 Å². The molecule has 1 rings (SSSR count). The predicted octanol–water partition coefficient (Wildman–Crippen LogP) is 3.13. The number of nitrogens with one attached hydrogen (secondary N) is 1. The lowest BCUT2D eigenvalue weighted by Crippen LogP contribution is -2.31. The molecule has 1 N–H and O–H groups in total. The van der Waals surface area contributed by atoms with E-state index in [1.54, 1.807) is 30.8 Å². The van der Waals surface area contributed by atoms with Crippen LogP contribution in [0.1, 0.15) is 25.0 Å². The molecule has 100 valence electrons. The van der Waals surface area contributed by atoms with Crippen molar-refractivity contribution in [3.63, 3.8) is 0 Å². The molecule has 0 saturated carbocycles. The van der Waals surface area contributed by atoms with Crippen LogP contribution in [0.4, 0.5) is 5.69 Å². The van der Waals surface area contributed by atoms with Gasteiger partial charge < -0.3 is 5.32 Å². The van der Waals surface area contributed by atoms with Crippen LogP contribution in [0.15, 0.2) is 18.2 Å². The van der Waals surface area contributed by atoms with Crippen molar-refractivity contribution in [2.45, 2.75) is 32.1 Å². The van der Waals surface area contributed by atoms with Gasteiger partial charge in [-0.1, -0.05) is 12.1 Å². The number of benzene rings is 1. The van der Waals surface area contributed by atoms with Crippen LogP contribution in [0.2, 0.25) is 0 Å². The molecule has 0 bridgehead atoms. The fourth-order valence-electron chi connectivity index (χ4n) is 1.63. The summed E-state index contributed by atoms with van der Waals surface area (Å²) in [5, 5.41) is 14.2. The second-order valence-corrected chi connectivity index (χ2v) is 6.40. The SMILES string of the molecule is CSC(C)(C)CNCc1cccc([N+](=O)[O-])c1C. The minimum atomic E-state index is -0.329. The van der Waals surface area contributed by atoms with Gasteiger partial charge in [-0.2, -0.15) is 11.8 Å². The van der Waals surface area contributed by atoms with Crippen LogP contribution in [0, 0.1) is 17.0 Å². The number of nitrogens with zero attached hydrogens (tertiary/aromatic N) is 1. The van der Waals surface area contributed by atoms with E-state index in [0.717, 1.165) is 17.7 Å². The lowest BCUT2D eigenvalue weighted by atomic mass is 10.1. The average Bonchev–Trinajstić information content (AvgIpc) is 2.31. The van der Waals surface area contributed by atoms with Gasteiger partial charge in [-0.25, -0.2) is 0 Å². The Kier molecular flexibility index (Phi) is 5.16. The van der Waals surface area contributed by atoms with Crippen molar-refractivity contribution in [3.8, 4) is 0 Å². The number of thioether (sulfide) groups is 1. The van der Waals surface area contributed by atoms with Crippen LogP contribution in [0.25, 0.3) is 0 Å². The van der Waals surface area contributed by atoms with E-state index in [9.17, 15) is 10.1 Å². The summed E-state index contributed by atoms with van der Waals surface area (Å²) in [6, 6.07) is 5.22. The molecular formula is C13H20N2O2S. The fraction of sp³-hybridized carbons (Fsp3) is 0.538. The second kappa shape index (κ2) is 6.20. The maximum atomic E-state index is 10.8. The highest BCUT2D eigenvalue weighted by Gasteiger charge is 2.16. The van der Waals surface area contributed by atoms with E-state index in [1.807, 2.05) is 6.07 Å². The van der Waals surface area contributed by atoms with E-state index >= 15 is 0 Å². The van der Waals surface area contributed by atoms with Crippen LogP contribution in [-0.2, 0) is 6.54 Å². The molecule has 4 nitrogen and oxygen atoms in total. The Morgan fingerprint density at radius 3 is 2.67 bits per heavy atom.